The Bertz CT molecular complexity index is 1120. The van der Waals surface area contributed by atoms with Crippen LogP contribution in [0.3, 0.4) is 0 Å². The molecule has 0 aliphatic carbocycles. The summed E-state index contributed by atoms with van der Waals surface area (Å²) < 4.78 is 34.1. The van der Waals surface area contributed by atoms with Gasteiger partial charge in [0, 0.05) is 55.8 Å². The summed E-state index contributed by atoms with van der Waals surface area (Å²) >= 11 is 0. The zero-order valence-corrected chi connectivity index (χ0v) is 19.2. The zero-order chi connectivity index (χ0) is 22.6. The highest BCUT2D eigenvalue weighted by Gasteiger charge is 2.56. The molecule has 4 rings (SSSR count). The Morgan fingerprint density at radius 3 is 2.61 bits per heavy atom. The number of hydrogen-bond acceptors (Lipinski definition) is 5. The lowest BCUT2D eigenvalue weighted by atomic mass is 9.69. The van der Waals surface area contributed by atoms with E-state index < -0.39 is 21.5 Å². The van der Waals surface area contributed by atoms with Crippen LogP contribution in [0.15, 0.2) is 18.2 Å². The van der Waals surface area contributed by atoms with Gasteiger partial charge in [-0.3, -0.25) is 0 Å². The highest BCUT2D eigenvalue weighted by atomic mass is 32.2. The van der Waals surface area contributed by atoms with E-state index >= 15 is 0 Å². The Balaban J connectivity index is 1.86. The summed E-state index contributed by atoms with van der Waals surface area (Å²) in [6, 6.07) is 4.98. The number of nitrogens with one attached hydrogen (secondary N) is 1. The molecule has 1 aromatic carbocycles. The predicted octanol–water partition coefficient (Wildman–Crippen LogP) is 1.17. The molecule has 2 aliphatic rings. The second-order valence-corrected chi connectivity index (χ2v) is 10.5. The van der Waals surface area contributed by atoms with Gasteiger partial charge in [0.1, 0.15) is 5.75 Å². The number of aliphatic hydroxyl groups excluding tert-OH is 1. The van der Waals surface area contributed by atoms with Gasteiger partial charge in [0.05, 0.1) is 31.5 Å². The molecule has 0 saturated carbocycles. The molecule has 0 unspecified atom stereocenters. The monoisotopic (exact) mass is 450 g/mol. The van der Waals surface area contributed by atoms with Crippen LogP contribution in [0.25, 0.3) is 10.9 Å². The quantitative estimate of drug-likeness (QED) is 0.712. The number of urea groups is 1. The van der Waals surface area contributed by atoms with Crippen LogP contribution in [-0.2, 0) is 22.5 Å². The average molecular weight is 451 g/mol. The Kier molecular flexibility index (Phi) is 5.43. The van der Waals surface area contributed by atoms with Crippen molar-refractivity contribution in [3.05, 3.63) is 29.5 Å². The van der Waals surface area contributed by atoms with Crippen molar-refractivity contribution in [2.45, 2.75) is 24.8 Å². The lowest BCUT2D eigenvalue weighted by Crippen LogP contribution is -2.69. The third kappa shape index (κ3) is 3.37. The van der Waals surface area contributed by atoms with Crippen LogP contribution < -0.4 is 10.1 Å². The van der Waals surface area contributed by atoms with Crippen LogP contribution in [0.2, 0.25) is 0 Å². The van der Waals surface area contributed by atoms with E-state index in [4.69, 9.17) is 4.74 Å². The van der Waals surface area contributed by atoms with Gasteiger partial charge >= 0.3 is 6.03 Å². The van der Waals surface area contributed by atoms with Crippen molar-refractivity contribution in [2.75, 3.05) is 46.2 Å². The predicted molar refractivity (Wildman–Crippen MR) is 118 cm³/mol. The summed E-state index contributed by atoms with van der Waals surface area (Å²) in [4.78, 5) is 14.2. The molecule has 3 heterocycles. The number of aliphatic hydroxyl groups is 1. The fraction of sp³-hybridized carbons (Fsp3) is 0.571. The van der Waals surface area contributed by atoms with Crippen LogP contribution in [0, 0.1) is 0 Å². The number of fused-ring (bicyclic) bond motifs is 4. The summed E-state index contributed by atoms with van der Waals surface area (Å²) in [6.45, 7) is 3.35. The number of sulfonamides is 1. The first kappa shape index (κ1) is 21.9. The van der Waals surface area contributed by atoms with Crippen molar-refractivity contribution in [1.82, 2.24) is 19.1 Å². The van der Waals surface area contributed by atoms with Gasteiger partial charge < -0.3 is 24.6 Å². The van der Waals surface area contributed by atoms with Crippen molar-refractivity contribution in [1.29, 1.82) is 0 Å². The van der Waals surface area contributed by atoms with Gasteiger partial charge in [-0.15, -0.1) is 0 Å². The van der Waals surface area contributed by atoms with Gasteiger partial charge in [0.25, 0.3) is 0 Å². The summed E-state index contributed by atoms with van der Waals surface area (Å²) in [6.07, 6.45) is 2.02. The summed E-state index contributed by atoms with van der Waals surface area (Å²) in [5.41, 5.74) is 2.18. The molecule has 1 spiro atoms. The lowest BCUT2D eigenvalue weighted by Gasteiger charge is -2.55. The van der Waals surface area contributed by atoms with Crippen LogP contribution in [0.5, 0.6) is 5.75 Å². The van der Waals surface area contributed by atoms with E-state index in [2.05, 4.69) is 5.32 Å². The van der Waals surface area contributed by atoms with Crippen LogP contribution in [0.4, 0.5) is 4.79 Å². The number of carbonyl (C=O) groups excluding carboxylic acids is 1. The lowest BCUT2D eigenvalue weighted by molar-refractivity contribution is 0.0478. The minimum atomic E-state index is -3.58. The fourth-order valence-corrected chi connectivity index (χ4v) is 6.20. The first-order chi connectivity index (χ1) is 14.7. The van der Waals surface area contributed by atoms with Crippen molar-refractivity contribution in [3.63, 3.8) is 0 Å². The third-order valence-corrected chi connectivity index (χ3v) is 7.74. The average Bonchev–Trinajstić information content (AvgIpc) is 3.01. The highest BCUT2D eigenvalue weighted by Crippen LogP contribution is 2.50. The molecule has 10 heteroatoms. The van der Waals surface area contributed by atoms with Crippen LogP contribution in [0.1, 0.15) is 30.6 Å². The number of rotatable bonds is 5. The second-order valence-electron chi connectivity index (χ2n) is 8.58. The number of aryl methyl sites for hydroxylation is 1. The molecule has 31 heavy (non-hydrogen) atoms. The number of likely N-dealkylation sites (tertiary alicyclic amines) is 1. The van der Waals surface area contributed by atoms with Gasteiger partial charge in [-0.25, -0.2) is 13.2 Å². The topological polar surface area (TPSA) is 104 Å². The van der Waals surface area contributed by atoms with Crippen molar-refractivity contribution >= 4 is 27.0 Å². The van der Waals surface area contributed by atoms with Gasteiger partial charge in [-0.2, -0.15) is 4.31 Å². The molecule has 2 aliphatic heterocycles. The zero-order valence-electron chi connectivity index (χ0n) is 18.4. The number of methoxy groups -OCH3 is 1. The van der Waals surface area contributed by atoms with E-state index in [1.54, 1.807) is 12.0 Å². The molecule has 0 bridgehead atoms. The summed E-state index contributed by atoms with van der Waals surface area (Å²) in [5, 5.41) is 14.1. The number of carbonyl (C=O) groups is 1. The molecular formula is C21H30N4O5S. The van der Waals surface area contributed by atoms with Gasteiger partial charge in [-0.05, 0) is 24.1 Å². The molecule has 1 atom stereocenters. The third-order valence-electron chi connectivity index (χ3n) is 6.50. The number of hydrogen-bond donors (Lipinski definition) is 2. The molecule has 2 N–H and O–H groups in total. The van der Waals surface area contributed by atoms with Crippen LogP contribution >= 0.6 is 0 Å². The Morgan fingerprint density at radius 2 is 2.03 bits per heavy atom. The van der Waals surface area contributed by atoms with E-state index in [1.807, 2.05) is 36.7 Å². The molecule has 2 amide bonds. The molecule has 1 saturated heterocycles. The molecule has 0 radical (unpaired) electrons. The standard InChI is InChI=1S/C21H30N4O5S/c1-5-8-22-20(27)24-11-21(12-24)13-25(31(4,28)29)17(10-26)19-18(21)15-7-6-14(30-3)9-16(15)23(19)2/h6-7,9,17,26H,5,8,10-13H2,1-4H3,(H,22,27)/t17-/m0/s1. The van der Waals surface area contributed by atoms with E-state index in [1.165, 1.54) is 10.6 Å². The van der Waals surface area contributed by atoms with Crippen molar-refractivity contribution in [3.8, 4) is 5.75 Å². The Labute approximate surface area is 182 Å². The van der Waals surface area contributed by atoms with Gasteiger partial charge in [0.2, 0.25) is 10.0 Å². The largest absolute Gasteiger partial charge is 0.497 e. The fourth-order valence-electron chi connectivity index (χ4n) is 5.09. The number of aromatic nitrogens is 1. The van der Waals surface area contributed by atoms with E-state index in [-0.39, 0.29) is 19.2 Å². The molecule has 1 aromatic heterocycles. The summed E-state index contributed by atoms with van der Waals surface area (Å²) in [5.74, 6) is 0.703. The van der Waals surface area contributed by atoms with E-state index in [0.29, 0.717) is 25.4 Å². The number of benzene rings is 1. The molecule has 9 nitrogen and oxygen atoms in total. The van der Waals surface area contributed by atoms with Crippen molar-refractivity contribution < 1.29 is 23.1 Å². The van der Waals surface area contributed by atoms with Gasteiger partial charge in [-0.1, -0.05) is 6.92 Å². The number of nitrogens with zero attached hydrogens (tertiary/aromatic N) is 3. The molecule has 2 aromatic rings. The molecular weight excluding hydrogens is 420 g/mol. The second kappa shape index (κ2) is 7.68. The van der Waals surface area contributed by atoms with E-state index in [9.17, 15) is 18.3 Å². The first-order valence-electron chi connectivity index (χ1n) is 10.4. The smallest absolute Gasteiger partial charge is 0.317 e. The minimum absolute atomic E-state index is 0.133. The maximum Gasteiger partial charge on any atom is 0.317 e. The maximum absolute atomic E-state index is 12.7. The van der Waals surface area contributed by atoms with Crippen molar-refractivity contribution in [2.24, 2.45) is 7.05 Å². The molecule has 1 fully saturated rings. The first-order valence-corrected chi connectivity index (χ1v) is 12.3. The van der Waals surface area contributed by atoms with Crippen LogP contribution in [-0.4, -0.2) is 79.5 Å². The van der Waals surface area contributed by atoms with Gasteiger partial charge in [0.15, 0.2) is 0 Å². The number of amides is 2. The highest BCUT2D eigenvalue weighted by molar-refractivity contribution is 7.88. The maximum atomic E-state index is 12.7. The number of ether oxygens (including phenoxy) is 1. The van der Waals surface area contributed by atoms with E-state index in [0.717, 1.165) is 28.6 Å². The minimum Gasteiger partial charge on any atom is -0.497 e. The molecule has 170 valence electrons. The Hall–Kier alpha value is -2.30. The normalized spacial score (nSPS) is 20.5. The Morgan fingerprint density at radius 1 is 1.32 bits per heavy atom. The summed E-state index contributed by atoms with van der Waals surface area (Å²) in [7, 11) is -0.0944. The SMILES string of the molecule is CCCNC(=O)N1CC2(C1)CN(S(C)(=O)=O)[C@@H](CO)c1c2c2ccc(OC)cc2n1C.